The van der Waals surface area contributed by atoms with Crippen molar-refractivity contribution >= 4 is 35.7 Å². The number of fused-ring (bicyclic) bond motifs is 1. The molecule has 2 aliphatic rings. The SMILES string of the molecule is O=CNc1cccc2c1C(=O)N(C1CCC(=O)NC1=O)C2=O. The average molecular weight is 301 g/mol. The van der Waals surface area contributed by atoms with Gasteiger partial charge < -0.3 is 5.32 Å². The van der Waals surface area contributed by atoms with Gasteiger partial charge in [0.1, 0.15) is 6.04 Å². The monoisotopic (exact) mass is 301 g/mol. The van der Waals surface area contributed by atoms with Crippen LogP contribution in [0, 0.1) is 0 Å². The molecule has 0 spiro atoms. The van der Waals surface area contributed by atoms with Gasteiger partial charge in [-0.15, -0.1) is 0 Å². The summed E-state index contributed by atoms with van der Waals surface area (Å²) in [5, 5.41) is 4.48. The maximum atomic E-state index is 12.5. The van der Waals surface area contributed by atoms with Crippen molar-refractivity contribution in [1.82, 2.24) is 10.2 Å². The van der Waals surface area contributed by atoms with E-state index in [-0.39, 0.29) is 29.7 Å². The molecule has 0 bridgehead atoms. The number of hydrogen-bond donors (Lipinski definition) is 2. The van der Waals surface area contributed by atoms with Crippen molar-refractivity contribution in [3.8, 4) is 0 Å². The summed E-state index contributed by atoms with van der Waals surface area (Å²) in [5.74, 6) is -2.36. The van der Waals surface area contributed by atoms with E-state index in [0.717, 1.165) is 4.90 Å². The summed E-state index contributed by atoms with van der Waals surface area (Å²) in [7, 11) is 0. The topological polar surface area (TPSA) is 113 Å². The van der Waals surface area contributed by atoms with Crippen molar-refractivity contribution in [3.63, 3.8) is 0 Å². The van der Waals surface area contributed by atoms with Crippen molar-refractivity contribution in [2.45, 2.75) is 18.9 Å². The molecule has 3 rings (SSSR count). The number of imide groups is 2. The number of carbonyl (C=O) groups is 5. The molecule has 1 saturated heterocycles. The molecule has 1 aromatic carbocycles. The molecule has 5 amide bonds. The second-order valence-electron chi connectivity index (χ2n) is 4.94. The standard InChI is InChI=1S/C14H11N3O5/c18-6-15-8-3-1-2-7-11(8)14(22)17(13(7)21)9-4-5-10(19)16-12(9)20/h1-3,6,9H,4-5H2,(H,15,18)(H,16,19,20). The van der Waals surface area contributed by atoms with Gasteiger partial charge in [0.25, 0.3) is 11.8 Å². The molecule has 1 unspecified atom stereocenters. The van der Waals surface area contributed by atoms with Crippen molar-refractivity contribution < 1.29 is 24.0 Å². The highest BCUT2D eigenvalue weighted by Crippen LogP contribution is 2.31. The molecular formula is C14H11N3O5. The molecule has 22 heavy (non-hydrogen) atoms. The van der Waals surface area contributed by atoms with Crippen molar-refractivity contribution in [1.29, 1.82) is 0 Å². The molecule has 0 aromatic heterocycles. The van der Waals surface area contributed by atoms with Crippen LogP contribution in [0.3, 0.4) is 0 Å². The number of benzene rings is 1. The van der Waals surface area contributed by atoms with Crippen LogP contribution in [0.1, 0.15) is 33.6 Å². The molecule has 1 fully saturated rings. The molecule has 2 N–H and O–H groups in total. The first-order valence-corrected chi connectivity index (χ1v) is 6.59. The summed E-state index contributed by atoms with van der Waals surface area (Å²) in [6.45, 7) is 0. The molecule has 8 heteroatoms. The third kappa shape index (κ3) is 1.96. The first kappa shape index (κ1) is 13.9. The quantitative estimate of drug-likeness (QED) is 0.585. The minimum atomic E-state index is -1.02. The lowest BCUT2D eigenvalue weighted by Gasteiger charge is -2.27. The van der Waals surface area contributed by atoms with Crippen LogP contribution in [0.4, 0.5) is 5.69 Å². The molecule has 112 valence electrons. The van der Waals surface area contributed by atoms with Crippen LogP contribution in [0.2, 0.25) is 0 Å². The van der Waals surface area contributed by atoms with E-state index < -0.39 is 29.7 Å². The molecule has 0 radical (unpaired) electrons. The fraction of sp³-hybridized carbons (Fsp3) is 0.214. The first-order chi connectivity index (χ1) is 10.5. The van der Waals surface area contributed by atoms with Crippen LogP contribution in [0.25, 0.3) is 0 Å². The second kappa shape index (κ2) is 5.06. The Balaban J connectivity index is 2.00. The average Bonchev–Trinajstić information content (AvgIpc) is 2.73. The van der Waals surface area contributed by atoms with Crippen LogP contribution in [-0.4, -0.2) is 41.0 Å². The summed E-state index contributed by atoms with van der Waals surface area (Å²) in [6, 6.07) is 3.46. The summed E-state index contributed by atoms with van der Waals surface area (Å²) in [5.41, 5.74) is 0.395. The van der Waals surface area contributed by atoms with Crippen LogP contribution in [0.5, 0.6) is 0 Å². The number of carbonyl (C=O) groups excluding carboxylic acids is 5. The number of nitrogens with zero attached hydrogens (tertiary/aromatic N) is 1. The number of anilines is 1. The molecule has 1 aromatic rings. The Hall–Kier alpha value is -3.03. The van der Waals surface area contributed by atoms with Gasteiger partial charge >= 0.3 is 0 Å². The van der Waals surface area contributed by atoms with E-state index in [4.69, 9.17) is 0 Å². The molecule has 0 aliphatic carbocycles. The maximum Gasteiger partial charge on any atom is 0.264 e. The summed E-state index contributed by atoms with van der Waals surface area (Å²) in [4.78, 5) is 59.5. The zero-order valence-corrected chi connectivity index (χ0v) is 11.3. The lowest BCUT2D eigenvalue weighted by atomic mass is 10.0. The zero-order chi connectivity index (χ0) is 15.9. The number of hydrogen-bond acceptors (Lipinski definition) is 5. The molecule has 1 atom stereocenters. The van der Waals surface area contributed by atoms with Gasteiger partial charge in [0.2, 0.25) is 18.2 Å². The number of piperidine rings is 1. The van der Waals surface area contributed by atoms with E-state index in [1.807, 2.05) is 0 Å². The third-order valence-electron chi connectivity index (χ3n) is 3.68. The van der Waals surface area contributed by atoms with E-state index >= 15 is 0 Å². The highest BCUT2D eigenvalue weighted by Gasteiger charge is 2.45. The smallest absolute Gasteiger partial charge is 0.264 e. The Morgan fingerprint density at radius 3 is 2.64 bits per heavy atom. The van der Waals surface area contributed by atoms with Gasteiger partial charge in [-0.25, -0.2) is 0 Å². The molecule has 2 heterocycles. The van der Waals surface area contributed by atoms with E-state index in [1.165, 1.54) is 18.2 Å². The number of amides is 5. The van der Waals surface area contributed by atoms with Crippen LogP contribution < -0.4 is 10.6 Å². The summed E-state index contributed by atoms with van der Waals surface area (Å²) >= 11 is 0. The Morgan fingerprint density at radius 2 is 1.95 bits per heavy atom. The maximum absolute atomic E-state index is 12.5. The van der Waals surface area contributed by atoms with E-state index in [9.17, 15) is 24.0 Å². The number of nitrogens with one attached hydrogen (secondary N) is 2. The predicted molar refractivity (Wildman–Crippen MR) is 72.8 cm³/mol. The highest BCUT2D eigenvalue weighted by molar-refractivity contribution is 6.25. The predicted octanol–water partition coefficient (Wildman–Crippen LogP) is -0.344. The van der Waals surface area contributed by atoms with Gasteiger partial charge in [-0.2, -0.15) is 0 Å². The Labute approximate surface area is 124 Å². The molecule has 2 aliphatic heterocycles. The van der Waals surface area contributed by atoms with E-state index in [0.29, 0.717) is 6.41 Å². The van der Waals surface area contributed by atoms with Gasteiger partial charge in [0, 0.05) is 6.42 Å². The van der Waals surface area contributed by atoms with Crippen molar-refractivity contribution in [3.05, 3.63) is 29.3 Å². The largest absolute Gasteiger partial charge is 0.328 e. The van der Waals surface area contributed by atoms with Gasteiger partial charge in [-0.3, -0.25) is 34.2 Å². The third-order valence-corrected chi connectivity index (χ3v) is 3.68. The van der Waals surface area contributed by atoms with Gasteiger partial charge in [0.05, 0.1) is 16.8 Å². The van der Waals surface area contributed by atoms with Crippen LogP contribution >= 0.6 is 0 Å². The van der Waals surface area contributed by atoms with Crippen molar-refractivity contribution in [2.75, 3.05) is 5.32 Å². The first-order valence-electron chi connectivity index (χ1n) is 6.59. The second-order valence-corrected chi connectivity index (χ2v) is 4.94. The lowest BCUT2D eigenvalue weighted by Crippen LogP contribution is -2.54. The van der Waals surface area contributed by atoms with Gasteiger partial charge in [-0.05, 0) is 18.6 Å². The lowest BCUT2D eigenvalue weighted by molar-refractivity contribution is -0.136. The zero-order valence-electron chi connectivity index (χ0n) is 11.3. The van der Waals surface area contributed by atoms with E-state index in [2.05, 4.69) is 10.6 Å². The molecule has 8 nitrogen and oxygen atoms in total. The number of rotatable bonds is 3. The van der Waals surface area contributed by atoms with Gasteiger partial charge in [-0.1, -0.05) is 6.07 Å². The normalized spacial score (nSPS) is 20.7. The van der Waals surface area contributed by atoms with Gasteiger partial charge in [0.15, 0.2) is 0 Å². The highest BCUT2D eigenvalue weighted by atomic mass is 16.2. The Bertz CT molecular complexity index is 727. The Kier molecular flexibility index (Phi) is 3.21. The molecule has 0 saturated carbocycles. The minimum absolute atomic E-state index is 0.0588. The van der Waals surface area contributed by atoms with E-state index in [1.54, 1.807) is 0 Å². The molecular weight excluding hydrogens is 290 g/mol. The van der Waals surface area contributed by atoms with Crippen molar-refractivity contribution in [2.24, 2.45) is 0 Å². The fourth-order valence-electron chi connectivity index (χ4n) is 2.70. The minimum Gasteiger partial charge on any atom is -0.328 e. The Morgan fingerprint density at radius 1 is 1.18 bits per heavy atom. The summed E-state index contributed by atoms with van der Waals surface area (Å²) < 4.78 is 0. The van der Waals surface area contributed by atoms with Crippen LogP contribution in [0.15, 0.2) is 18.2 Å². The summed E-state index contributed by atoms with van der Waals surface area (Å²) in [6.07, 6.45) is 0.553. The fourth-order valence-corrected chi connectivity index (χ4v) is 2.70. The van der Waals surface area contributed by atoms with Crippen LogP contribution in [-0.2, 0) is 14.4 Å².